The molecule has 5 rings (SSSR count). The molecule has 0 saturated heterocycles. The highest BCUT2D eigenvalue weighted by Crippen LogP contribution is 2.34. The van der Waals surface area contributed by atoms with Crippen molar-refractivity contribution in [3.63, 3.8) is 0 Å². The lowest BCUT2D eigenvalue weighted by atomic mass is 9.98. The first-order chi connectivity index (χ1) is 15.0. The van der Waals surface area contributed by atoms with Crippen LogP contribution in [0.3, 0.4) is 0 Å². The van der Waals surface area contributed by atoms with E-state index in [0.29, 0.717) is 0 Å². The van der Waals surface area contributed by atoms with Crippen LogP contribution in [0.25, 0.3) is 43.0 Å². The van der Waals surface area contributed by atoms with Crippen LogP contribution in [-0.4, -0.2) is 4.98 Å². The zero-order valence-corrected chi connectivity index (χ0v) is 17.0. The summed E-state index contributed by atoms with van der Waals surface area (Å²) < 4.78 is 39.6. The molecule has 0 atom stereocenters. The Morgan fingerprint density at radius 1 is 0.581 bits per heavy atom. The Bertz CT molecular complexity index is 1320. The van der Waals surface area contributed by atoms with Crippen molar-refractivity contribution < 1.29 is 13.2 Å². The average Bonchev–Trinajstić information content (AvgIpc) is 3.23. The third-order valence-corrected chi connectivity index (χ3v) is 6.25. The van der Waals surface area contributed by atoms with Gasteiger partial charge in [-0.25, -0.2) is 4.98 Å². The Labute approximate surface area is 181 Å². The molecule has 0 aliphatic heterocycles. The van der Waals surface area contributed by atoms with Crippen LogP contribution >= 0.6 is 11.3 Å². The highest BCUT2D eigenvalue weighted by Gasteiger charge is 2.29. The molecule has 0 spiro atoms. The molecule has 152 valence electrons. The Hall–Kier alpha value is -3.44. The number of fused-ring (bicyclic) bond motifs is 1. The van der Waals surface area contributed by atoms with Gasteiger partial charge in [-0.1, -0.05) is 66.7 Å². The molecule has 0 aliphatic rings. The number of rotatable bonds is 3. The lowest BCUT2D eigenvalue weighted by Crippen LogP contribution is -2.03. The first-order valence-electron chi connectivity index (χ1n) is 9.71. The summed E-state index contributed by atoms with van der Waals surface area (Å²) in [4.78, 5) is 4.70. The molecule has 0 unspecified atom stereocenters. The number of nitrogens with zero attached hydrogens (tertiary/aromatic N) is 1. The number of thiazole rings is 1. The summed E-state index contributed by atoms with van der Waals surface area (Å²) >= 11 is 1.66. The van der Waals surface area contributed by atoms with Gasteiger partial charge in [0.15, 0.2) is 0 Å². The van der Waals surface area contributed by atoms with Gasteiger partial charge in [0.2, 0.25) is 0 Å². The molecule has 5 heteroatoms. The number of benzene rings is 4. The highest BCUT2D eigenvalue weighted by molar-refractivity contribution is 7.21. The van der Waals surface area contributed by atoms with Crippen LogP contribution in [0.2, 0.25) is 0 Å². The zero-order valence-electron chi connectivity index (χ0n) is 16.2. The minimum Gasteiger partial charge on any atom is -0.236 e. The van der Waals surface area contributed by atoms with Gasteiger partial charge < -0.3 is 0 Å². The average molecular weight is 431 g/mol. The summed E-state index contributed by atoms with van der Waals surface area (Å²) in [6, 6.07) is 29.4. The Morgan fingerprint density at radius 3 is 1.77 bits per heavy atom. The van der Waals surface area contributed by atoms with E-state index >= 15 is 0 Å². The van der Waals surface area contributed by atoms with Crippen molar-refractivity contribution in [3.05, 3.63) is 103 Å². The lowest BCUT2D eigenvalue weighted by molar-refractivity contribution is -0.137. The Kier molecular flexibility index (Phi) is 4.83. The maximum atomic E-state index is 12.8. The van der Waals surface area contributed by atoms with Gasteiger partial charge in [-0.05, 0) is 52.6 Å². The van der Waals surface area contributed by atoms with E-state index < -0.39 is 11.7 Å². The number of aromatic nitrogens is 1. The molecule has 0 amide bonds. The first-order valence-corrected chi connectivity index (χ1v) is 10.5. The number of hydrogen-bond donors (Lipinski definition) is 0. The number of alkyl halides is 3. The summed E-state index contributed by atoms with van der Waals surface area (Å²) in [5.74, 6) is 0. The van der Waals surface area contributed by atoms with E-state index in [1.807, 2.05) is 54.6 Å². The molecule has 0 radical (unpaired) electrons. The van der Waals surface area contributed by atoms with Gasteiger partial charge in [0, 0.05) is 5.56 Å². The van der Waals surface area contributed by atoms with Crippen LogP contribution in [0, 0.1) is 0 Å². The van der Waals surface area contributed by atoms with Crippen LogP contribution in [0.4, 0.5) is 13.2 Å². The number of hydrogen-bond acceptors (Lipinski definition) is 2. The Balaban J connectivity index is 1.43. The SMILES string of the molecule is FC(F)(F)c1ccc(-c2cccc(-c3ccc(-c4nc5ccccc5s4)cc3)c2)cc1. The van der Waals surface area contributed by atoms with Crippen molar-refractivity contribution in [1.29, 1.82) is 0 Å². The second-order valence-electron chi connectivity index (χ2n) is 7.22. The molecule has 4 aromatic carbocycles. The number of para-hydroxylation sites is 1. The highest BCUT2D eigenvalue weighted by atomic mass is 32.1. The summed E-state index contributed by atoms with van der Waals surface area (Å²) in [6.45, 7) is 0. The topological polar surface area (TPSA) is 12.9 Å². The molecule has 0 aliphatic carbocycles. The van der Waals surface area contributed by atoms with Gasteiger partial charge in [0.25, 0.3) is 0 Å². The van der Waals surface area contributed by atoms with Crippen molar-refractivity contribution in [2.45, 2.75) is 6.18 Å². The van der Waals surface area contributed by atoms with Gasteiger partial charge in [0.05, 0.1) is 15.8 Å². The van der Waals surface area contributed by atoms with Crippen LogP contribution in [0.5, 0.6) is 0 Å². The van der Waals surface area contributed by atoms with Crippen LogP contribution in [-0.2, 0) is 6.18 Å². The van der Waals surface area contributed by atoms with E-state index in [-0.39, 0.29) is 0 Å². The third-order valence-electron chi connectivity index (χ3n) is 5.17. The van der Waals surface area contributed by atoms with E-state index in [2.05, 4.69) is 18.2 Å². The largest absolute Gasteiger partial charge is 0.416 e. The summed E-state index contributed by atoms with van der Waals surface area (Å²) in [7, 11) is 0. The zero-order chi connectivity index (χ0) is 21.4. The maximum Gasteiger partial charge on any atom is 0.416 e. The van der Waals surface area contributed by atoms with Gasteiger partial charge in [-0.3, -0.25) is 0 Å². The van der Waals surface area contributed by atoms with Gasteiger partial charge >= 0.3 is 6.18 Å². The molecule has 0 saturated carbocycles. The van der Waals surface area contributed by atoms with Crippen LogP contribution in [0.15, 0.2) is 97.1 Å². The van der Waals surface area contributed by atoms with Gasteiger partial charge in [-0.15, -0.1) is 11.3 Å². The molecule has 31 heavy (non-hydrogen) atoms. The molecule has 5 aromatic rings. The Morgan fingerprint density at radius 2 is 1.16 bits per heavy atom. The smallest absolute Gasteiger partial charge is 0.236 e. The molecule has 1 nitrogen and oxygen atoms in total. The molecule has 0 bridgehead atoms. The second-order valence-corrected chi connectivity index (χ2v) is 8.25. The van der Waals surface area contributed by atoms with Crippen molar-refractivity contribution in [3.8, 4) is 32.8 Å². The van der Waals surface area contributed by atoms with Crippen molar-refractivity contribution in [1.82, 2.24) is 4.98 Å². The van der Waals surface area contributed by atoms with Crippen molar-refractivity contribution in [2.75, 3.05) is 0 Å². The molecular formula is C26H16F3NS. The van der Waals surface area contributed by atoms with Gasteiger partial charge in [-0.2, -0.15) is 13.2 Å². The van der Waals surface area contributed by atoms with Gasteiger partial charge in [0.1, 0.15) is 5.01 Å². The van der Waals surface area contributed by atoms with Crippen LogP contribution in [0.1, 0.15) is 5.56 Å². The summed E-state index contributed by atoms with van der Waals surface area (Å²) in [5.41, 5.74) is 5.09. The van der Waals surface area contributed by atoms with Crippen LogP contribution < -0.4 is 0 Å². The third kappa shape index (κ3) is 3.97. The predicted octanol–water partition coefficient (Wildman–Crippen LogP) is 8.32. The fraction of sp³-hybridized carbons (Fsp3) is 0.0385. The fourth-order valence-electron chi connectivity index (χ4n) is 3.53. The van der Waals surface area contributed by atoms with E-state index in [1.54, 1.807) is 11.3 Å². The molecule has 0 N–H and O–H groups in total. The van der Waals surface area contributed by atoms with E-state index in [4.69, 9.17) is 4.98 Å². The normalized spacial score (nSPS) is 11.7. The number of halogens is 3. The van der Waals surface area contributed by atoms with E-state index in [1.165, 1.54) is 12.1 Å². The molecule has 1 aromatic heterocycles. The lowest BCUT2D eigenvalue weighted by Gasteiger charge is -2.09. The summed E-state index contributed by atoms with van der Waals surface area (Å²) in [6.07, 6.45) is -4.33. The quantitative estimate of drug-likeness (QED) is 0.280. The molecule has 1 heterocycles. The monoisotopic (exact) mass is 431 g/mol. The molecular weight excluding hydrogens is 415 g/mol. The predicted molar refractivity (Wildman–Crippen MR) is 121 cm³/mol. The minimum absolute atomic E-state index is 0.641. The standard InChI is InChI=1S/C26H16F3NS/c27-26(28,29)22-14-12-18(13-15-22)21-5-3-4-20(16-21)17-8-10-19(11-9-17)25-30-23-6-1-2-7-24(23)31-25/h1-16H. The van der Waals surface area contributed by atoms with Crippen molar-refractivity contribution in [2.24, 2.45) is 0 Å². The van der Waals surface area contributed by atoms with E-state index in [0.717, 1.165) is 55.2 Å². The molecule has 0 fully saturated rings. The minimum atomic E-state index is -4.33. The maximum absolute atomic E-state index is 12.8. The first kappa shape index (κ1) is 19.5. The van der Waals surface area contributed by atoms with Crippen molar-refractivity contribution >= 4 is 21.6 Å². The second kappa shape index (κ2) is 7.67. The van der Waals surface area contributed by atoms with E-state index in [9.17, 15) is 13.2 Å². The summed E-state index contributed by atoms with van der Waals surface area (Å²) in [5, 5.41) is 0.978. The fourth-order valence-corrected chi connectivity index (χ4v) is 4.50.